The summed E-state index contributed by atoms with van der Waals surface area (Å²) in [5, 5.41) is 11.6. The molecule has 0 aromatic heterocycles. The van der Waals surface area contributed by atoms with Crippen LogP contribution in [0.1, 0.15) is 0 Å². The average molecular weight is 517 g/mol. The van der Waals surface area contributed by atoms with Crippen molar-refractivity contribution in [2.75, 3.05) is 0 Å². The maximum Gasteiger partial charge on any atom is 0.206 e. The highest BCUT2D eigenvalue weighted by molar-refractivity contribution is 7.02. The second-order valence-corrected chi connectivity index (χ2v) is 27.5. The lowest BCUT2D eigenvalue weighted by molar-refractivity contribution is 0.571. The zero-order chi connectivity index (χ0) is 24.5. The fourth-order valence-electron chi connectivity index (χ4n) is 6.18. The molecule has 0 saturated heterocycles. The molecule has 6 rings (SSSR count). The molecular formula is C28H36O2Si4. The van der Waals surface area contributed by atoms with E-state index in [1.165, 1.54) is 42.3 Å². The van der Waals surface area contributed by atoms with Crippen molar-refractivity contribution in [3.8, 4) is 0 Å². The van der Waals surface area contributed by atoms with Gasteiger partial charge in [-0.3, -0.25) is 0 Å². The van der Waals surface area contributed by atoms with Crippen LogP contribution in [0.5, 0.6) is 0 Å². The maximum atomic E-state index is 6.56. The minimum atomic E-state index is -1.72. The Balaban J connectivity index is 0.000000142. The van der Waals surface area contributed by atoms with Crippen LogP contribution in [0.15, 0.2) is 72.8 Å². The Bertz CT molecular complexity index is 1220. The highest BCUT2D eigenvalue weighted by Gasteiger charge is 2.43. The Morgan fingerprint density at radius 3 is 0.853 bits per heavy atom. The van der Waals surface area contributed by atoms with Gasteiger partial charge in [0.25, 0.3) is 0 Å². The van der Waals surface area contributed by atoms with E-state index >= 15 is 0 Å². The molecule has 2 heterocycles. The first kappa shape index (κ1) is 23.9. The summed E-state index contributed by atoms with van der Waals surface area (Å²) in [6.07, 6.45) is 0. The molecule has 2 nitrogen and oxygen atoms in total. The molecule has 0 atom stereocenters. The molecule has 0 amide bonds. The number of benzene rings is 4. The molecule has 4 aromatic carbocycles. The third kappa shape index (κ3) is 3.81. The van der Waals surface area contributed by atoms with Crippen LogP contribution in [-0.4, -0.2) is 33.3 Å². The highest BCUT2D eigenvalue weighted by atomic mass is 28.4. The van der Waals surface area contributed by atoms with E-state index in [-0.39, 0.29) is 0 Å². The maximum absolute atomic E-state index is 6.56. The molecule has 0 bridgehead atoms. The van der Waals surface area contributed by atoms with Gasteiger partial charge in [-0.2, -0.15) is 0 Å². The highest BCUT2D eigenvalue weighted by Crippen LogP contribution is 2.27. The van der Waals surface area contributed by atoms with Gasteiger partial charge in [0, 0.05) is 0 Å². The fraction of sp³-hybridized carbons (Fsp3) is 0.286. The third-order valence-electron chi connectivity index (χ3n) is 7.42. The number of rotatable bonds is 0. The van der Waals surface area contributed by atoms with Crippen LogP contribution in [0.2, 0.25) is 52.4 Å². The Labute approximate surface area is 208 Å². The second kappa shape index (κ2) is 7.85. The smallest absolute Gasteiger partial charge is 0.206 e. The van der Waals surface area contributed by atoms with Crippen LogP contribution in [0.4, 0.5) is 0 Å². The van der Waals surface area contributed by atoms with Crippen molar-refractivity contribution in [2.24, 2.45) is 0 Å². The first-order valence-corrected chi connectivity index (χ1v) is 23.9. The van der Waals surface area contributed by atoms with Crippen LogP contribution < -0.4 is 20.7 Å². The van der Waals surface area contributed by atoms with Crippen LogP contribution in [0.3, 0.4) is 0 Å². The molecular weight excluding hydrogens is 481 g/mol. The molecule has 34 heavy (non-hydrogen) atoms. The topological polar surface area (TPSA) is 18.5 Å². The summed E-state index contributed by atoms with van der Waals surface area (Å²) in [5.74, 6) is 0. The molecule has 0 fully saturated rings. The molecule has 0 unspecified atom stereocenters. The Kier molecular flexibility index (Phi) is 5.52. The lowest BCUT2D eigenvalue weighted by Crippen LogP contribution is -2.63. The van der Waals surface area contributed by atoms with E-state index in [0.717, 1.165) is 0 Å². The van der Waals surface area contributed by atoms with E-state index < -0.39 is 33.3 Å². The van der Waals surface area contributed by atoms with Crippen LogP contribution in [-0.2, 0) is 8.23 Å². The van der Waals surface area contributed by atoms with Gasteiger partial charge < -0.3 is 8.23 Å². The second-order valence-electron chi connectivity index (χ2n) is 11.7. The summed E-state index contributed by atoms with van der Waals surface area (Å²) >= 11 is 0. The van der Waals surface area contributed by atoms with E-state index in [4.69, 9.17) is 8.23 Å². The van der Waals surface area contributed by atoms with Gasteiger partial charge in [0.05, 0.1) is 0 Å². The molecule has 4 aromatic rings. The first-order valence-electron chi connectivity index (χ1n) is 12.3. The summed E-state index contributed by atoms with van der Waals surface area (Å²) in [7, 11) is -6.86. The lowest BCUT2D eigenvalue weighted by Gasteiger charge is -2.40. The van der Waals surface area contributed by atoms with Gasteiger partial charge in [-0.05, 0) is 94.7 Å². The SMILES string of the molecule is C[Si]1(C)O[Si](C)(C)c2cccc3cccc1c23.C[Si]1(C)O[Si](C)(C)c2cccc3cccc1c23. The summed E-state index contributed by atoms with van der Waals surface area (Å²) < 4.78 is 13.1. The fourth-order valence-corrected chi connectivity index (χ4v) is 23.9. The van der Waals surface area contributed by atoms with Gasteiger partial charge in [-0.15, -0.1) is 0 Å². The third-order valence-corrected chi connectivity index (χ3v) is 22.4. The van der Waals surface area contributed by atoms with Crippen LogP contribution >= 0.6 is 0 Å². The molecule has 6 heteroatoms. The first-order chi connectivity index (χ1) is 15.8. The summed E-state index contributed by atoms with van der Waals surface area (Å²) in [6, 6.07) is 26.6. The standard InChI is InChI=1S/2C14H18OSi2/c2*1-16(2)12-9-5-7-11-8-6-10-13(14(11)12)17(3,4)15-16/h2*5-10H,1-4H3. The van der Waals surface area contributed by atoms with Crippen LogP contribution in [0, 0.1) is 0 Å². The molecule has 0 spiro atoms. The van der Waals surface area contributed by atoms with E-state index in [1.807, 2.05) is 0 Å². The van der Waals surface area contributed by atoms with Gasteiger partial charge in [-0.25, -0.2) is 0 Å². The lowest BCUT2D eigenvalue weighted by atomic mass is 10.1. The molecule has 0 saturated carbocycles. The van der Waals surface area contributed by atoms with Gasteiger partial charge in [-0.1, -0.05) is 72.8 Å². The van der Waals surface area contributed by atoms with Crippen LogP contribution in [0.25, 0.3) is 21.5 Å². The summed E-state index contributed by atoms with van der Waals surface area (Å²) in [5.41, 5.74) is 0. The zero-order valence-electron chi connectivity index (χ0n) is 21.7. The largest absolute Gasteiger partial charge is 0.449 e. The van der Waals surface area contributed by atoms with Crippen molar-refractivity contribution in [1.82, 2.24) is 0 Å². The minimum absolute atomic E-state index is 1.38. The molecule has 0 aliphatic carbocycles. The van der Waals surface area contributed by atoms with Gasteiger partial charge in [0.2, 0.25) is 33.3 Å². The van der Waals surface area contributed by atoms with Gasteiger partial charge in [0.1, 0.15) is 0 Å². The normalized spacial score (nSPS) is 20.5. The summed E-state index contributed by atoms with van der Waals surface area (Å²) in [4.78, 5) is 0. The predicted octanol–water partition coefficient (Wildman–Crippen LogP) is 5.39. The van der Waals surface area contributed by atoms with E-state index in [2.05, 4.69) is 125 Å². The van der Waals surface area contributed by atoms with Crippen molar-refractivity contribution >= 4 is 75.6 Å². The number of hydrogen-bond acceptors (Lipinski definition) is 2. The minimum Gasteiger partial charge on any atom is -0.449 e. The Hall–Kier alpha value is -1.81. The van der Waals surface area contributed by atoms with Crippen molar-refractivity contribution < 1.29 is 8.23 Å². The predicted molar refractivity (Wildman–Crippen MR) is 159 cm³/mol. The zero-order valence-corrected chi connectivity index (χ0v) is 25.7. The van der Waals surface area contributed by atoms with E-state index in [9.17, 15) is 0 Å². The van der Waals surface area contributed by atoms with Crippen molar-refractivity contribution in [3.05, 3.63) is 72.8 Å². The van der Waals surface area contributed by atoms with Gasteiger partial charge in [0.15, 0.2) is 0 Å². The van der Waals surface area contributed by atoms with E-state index in [1.54, 1.807) is 0 Å². The monoisotopic (exact) mass is 516 g/mol. The Morgan fingerprint density at radius 1 is 0.382 bits per heavy atom. The molecule has 0 radical (unpaired) electrons. The Morgan fingerprint density at radius 2 is 0.618 bits per heavy atom. The molecule has 2 aliphatic heterocycles. The number of hydrogen-bond donors (Lipinski definition) is 0. The van der Waals surface area contributed by atoms with Crippen molar-refractivity contribution in [2.45, 2.75) is 52.4 Å². The molecule has 2 aliphatic rings. The van der Waals surface area contributed by atoms with E-state index in [0.29, 0.717) is 0 Å². The summed E-state index contributed by atoms with van der Waals surface area (Å²) in [6.45, 7) is 18.6. The molecule has 0 N–H and O–H groups in total. The van der Waals surface area contributed by atoms with Gasteiger partial charge >= 0.3 is 0 Å². The average Bonchev–Trinajstić information content (AvgIpc) is 2.75. The molecule has 176 valence electrons. The van der Waals surface area contributed by atoms with Crippen molar-refractivity contribution in [1.29, 1.82) is 0 Å². The quantitative estimate of drug-likeness (QED) is 0.292. The van der Waals surface area contributed by atoms with Crippen molar-refractivity contribution in [3.63, 3.8) is 0 Å².